The third kappa shape index (κ3) is 5.19. The van der Waals surface area contributed by atoms with Crippen molar-refractivity contribution in [3.8, 4) is 0 Å². The van der Waals surface area contributed by atoms with E-state index in [0.29, 0.717) is 16.9 Å². The predicted molar refractivity (Wildman–Crippen MR) is 107 cm³/mol. The zero-order chi connectivity index (χ0) is 20.3. The summed E-state index contributed by atoms with van der Waals surface area (Å²) in [6, 6.07) is 6.73. The topological polar surface area (TPSA) is 57.5 Å². The highest BCUT2D eigenvalue weighted by Gasteiger charge is 2.39. The van der Waals surface area contributed by atoms with Crippen LogP contribution in [0.3, 0.4) is 0 Å². The van der Waals surface area contributed by atoms with E-state index in [2.05, 4.69) is 0 Å². The Labute approximate surface area is 171 Å². The first-order valence-electron chi connectivity index (χ1n) is 9.12. The maximum Gasteiger partial charge on any atom is 0.345 e. The Bertz CT molecular complexity index is 847. The summed E-state index contributed by atoms with van der Waals surface area (Å²) in [6.45, 7) is 0. The lowest BCUT2D eigenvalue weighted by molar-refractivity contribution is 0.0702. The fourth-order valence-corrected chi connectivity index (χ4v) is 5.13. The molecule has 1 saturated carbocycles. The Morgan fingerprint density at radius 1 is 1.25 bits per heavy atom. The number of hydrogen-bond donors (Lipinski definition) is 2. The van der Waals surface area contributed by atoms with Gasteiger partial charge in [-0.05, 0) is 61.4 Å². The van der Waals surface area contributed by atoms with Crippen LogP contribution in [0.2, 0.25) is 0 Å². The van der Waals surface area contributed by atoms with Crippen molar-refractivity contribution >= 4 is 35.0 Å². The second-order valence-electron chi connectivity index (χ2n) is 7.09. The number of alkyl halides is 1. The van der Waals surface area contributed by atoms with Gasteiger partial charge in [0.2, 0.25) is 0 Å². The average Bonchev–Trinajstić information content (AvgIpc) is 3.18. The standard InChI is InChI=1S/C21H21ClF2O3S/c22-18-11-19(25)17(6-4-12-8-13(23)10-14(24)9-12)16(18)3-1-2-15-5-7-20(28-15)21(26)27/h4-10,16-19,25H,1-3,11H2,(H,26,27)/t16-,17-,18-,19-/m1/s1. The average molecular weight is 427 g/mol. The van der Waals surface area contributed by atoms with Crippen LogP contribution in [0.4, 0.5) is 8.78 Å². The normalized spacial score (nSPS) is 24.9. The minimum Gasteiger partial charge on any atom is -0.477 e. The van der Waals surface area contributed by atoms with E-state index in [4.69, 9.17) is 16.7 Å². The number of carboxylic acids is 1. The largest absolute Gasteiger partial charge is 0.477 e. The zero-order valence-electron chi connectivity index (χ0n) is 15.0. The number of carboxylic acid groups (broad SMARTS) is 1. The molecule has 0 amide bonds. The van der Waals surface area contributed by atoms with Gasteiger partial charge in [0.05, 0.1) is 6.10 Å². The Kier molecular flexibility index (Phi) is 6.86. The molecule has 0 spiro atoms. The minimum absolute atomic E-state index is 0.0465. The maximum atomic E-state index is 13.3. The predicted octanol–water partition coefficient (Wildman–Crippen LogP) is 5.37. The molecule has 0 bridgehead atoms. The number of aliphatic hydroxyl groups is 1. The molecule has 0 saturated heterocycles. The molecule has 1 fully saturated rings. The Morgan fingerprint density at radius 2 is 1.96 bits per heavy atom. The summed E-state index contributed by atoms with van der Waals surface area (Å²) >= 11 is 7.71. The Hall–Kier alpha value is -1.76. The van der Waals surface area contributed by atoms with Gasteiger partial charge in [0, 0.05) is 22.2 Å². The van der Waals surface area contributed by atoms with Crippen LogP contribution in [0, 0.1) is 23.5 Å². The van der Waals surface area contributed by atoms with Gasteiger partial charge in [0.1, 0.15) is 16.5 Å². The number of carbonyl (C=O) groups is 1. The molecule has 1 aromatic carbocycles. The van der Waals surface area contributed by atoms with Crippen LogP contribution in [0.5, 0.6) is 0 Å². The summed E-state index contributed by atoms with van der Waals surface area (Å²) in [5, 5.41) is 19.2. The van der Waals surface area contributed by atoms with E-state index in [1.54, 1.807) is 18.2 Å². The molecule has 3 nitrogen and oxygen atoms in total. The van der Waals surface area contributed by atoms with Gasteiger partial charge in [-0.25, -0.2) is 13.6 Å². The molecule has 4 atom stereocenters. The van der Waals surface area contributed by atoms with Gasteiger partial charge < -0.3 is 10.2 Å². The molecule has 28 heavy (non-hydrogen) atoms. The van der Waals surface area contributed by atoms with Crippen molar-refractivity contribution < 1.29 is 23.8 Å². The number of hydrogen-bond acceptors (Lipinski definition) is 3. The molecule has 1 aliphatic carbocycles. The van der Waals surface area contributed by atoms with E-state index in [1.807, 2.05) is 6.07 Å². The molecular formula is C21H21ClF2O3S. The lowest BCUT2D eigenvalue weighted by Gasteiger charge is -2.20. The number of halogens is 3. The van der Waals surface area contributed by atoms with Gasteiger partial charge in [0.25, 0.3) is 0 Å². The molecular weight excluding hydrogens is 406 g/mol. The molecule has 2 aromatic rings. The van der Waals surface area contributed by atoms with E-state index < -0.39 is 23.7 Å². The fourth-order valence-electron chi connectivity index (χ4n) is 3.77. The van der Waals surface area contributed by atoms with E-state index in [1.165, 1.54) is 23.5 Å². The van der Waals surface area contributed by atoms with Gasteiger partial charge in [-0.3, -0.25) is 0 Å². The zero-order valence-corrected chi connectivity index (χ0v) is 16.6. The van der Waals surface area contributed by atoms with Crippen molar-refractivity contribution in [2.45, 2.75) is 37.2 Å². The number of rotatable bonds is 7. The molecule has 0 radical (unpaired) electrons. The van der Waals surface area contributed by atoms with Crippen LogP contribution >= 0.6 is 22.9 Å². The summed E-state index contributed by atoms with van der Waals surface area (Å²) in [7, 11) is 0. The van der Waals surface area contributed by atoms with Crippen molar-refractivity contribution in [2.24, 2.45) is 11.8 Å². The van der Waals surface area contributed by atoms with E-state index in [0.717, 1.165) is 30.2 Å². The number of thiophene rings is 1. The lowest BCUT2D eigenvalue weighted by atomic mass is 9.89. The molecule has 1 aromatic heterocycles. The van der Waals surface area contributed by atoms with Crippen LogP contribution in [-0.2, 0) is 6.42 Å². The highest BCUT2D eigenvalue weighted by molar-refractivity contribution is 7.13. The van der Waals surface area contributed by atoms with Crippen molar-refractivity contribution in [2.75, 3.05) is 0 Å². The SMILES string of the molecule is O=C(O)c1ccc(CCC[C@@H]2[C@@H](C=Cc3cc(F)cc(F)c3)[C@H](O)C[C@H]2Cl)s1. The molecule has 0 unspecified atom stereocenters. The molecule has 0 aliphatic heterocycles. The molecule has 1 heterocycles. The molecule has 150 valence electrons. The monoisotopic (exact) mass is 426 g/mol. The minimum atomic E-state index is -0.921. The fraction of sp³-hybridized carbons (Fsp3) is 0.381. The van der Waals surface area contributed by atoms with Crippen LogP contribution < -0.4 is 0 Å². The summed E-state index contributed by atoms with van der Waals surface area (Å²) < 4.78 is 26.7. The van der Waals surface area contributed by atoms with Crippen LogP contribution in [0.25, 0.3) is 6.08 Å². The first kappa shape index (κ1) is 21.0. The summed E-state index contributed by atoms with van der Waals surface area (Å²) in [5.74, 6) is -2.35. The molecule has 2 N–H and O–H groups in total. The molecule has 7 heteroatoms. The number of benzene rings is 1. The van der Waals surface area contributed by atoms with Crippen molar-refractivity contribution in [3.63, 3.8) is 0 Å². The highest BCUT2D eigenvalue weighted by Crippen LogP contribution is 2.40. The quantitative estimate of drug-likeness (QED) is 0.585. The lowest BCUT2D eigenvalue weighted by Crippen LogP contribution is -2.18. The first-order chi connectivity index (χ1) is 13.3. The van der Waals surface area contributed by atoms with E-state index in [-0.39, 0.29) is 17.2 Å². The second kappa shape index (κ2) is 9.16. The van der Waals surface area contributed by atoms with E-state index >= 15 is 0 Å². The summed E-state index contributed by atoms with van der Waals surface area (Å²) in [5.41, 5.74) is 0.404. The smallest absolute Gasteiger partial charge is 0.345 e. The first-order valence-corrected chi connectivity index (χ1v) is 10.4. The van der Waals surface area contributed by atoms with Crippen LogP contribution in [-0.4, -0.2) is 27.7 Å². The highest BCUT2D eigenvalue weighted by atomic mass is 35.5. The van der Waals surface area contributed by atoms with E-state index in [9.17, 15) is 18.7 Å². The number of aryl methyl sites for hydroxylation is 1. The molecule has 3 rings (SSSR count). The van der Waals surface area contributed by atoms with Crippen molar-refractivity contribution in [1.82, 2.24) is 0 Å². The summed E-state index contributed by atoms with van der Waals surface area (Å²) in [4.78, 5) is 12.3. The van der Waals surface area contributed by atoms with Gasteiger partial charge >= 0.3 is 5.97 Å². The second-order valence-corrected chi connectivity index (χ2v) is 8.81. The Morgan fingerprint density at radius 3 is 2.61 bits per heavy atom. The summed E-state index contributed by atoms with van der Waals surface area (Å²) in [6.07, 6.45) is 5.64. The van der Waals surface area contributed by atoms with Gasteiger partial charge in [0.15, 0.2) is 0 Å². The van der Waals surface area contributed by atoms with Crippen LogP contribution in [0.1, 0.15) is 39.4 Å². The molecule has 1 aliphatic rings. The van der Waals surface area contributed by atoms with Crippen molar-refractivity contribution in [3.05, 3.63) is 63.4 Å². The van der Waals surface area contributed by atoms with Gasteiger partial charge in [-0.15, -0.1) is 22.9 Å². The third-order valence-corrected chi connectivity index (χ3v) is 6.73. The van der Waals surface area contributed by atoms with Gasteiger partial charge in [-0.2, -0.15) is 0 Å². The maximum absolute atomic E-state index is 13.3. The van der Waals surface area contributed by atoms with Crippen LogP contribution in [0.15, 0.2) is 36.4 Å². The number of aromatic carboxylic acids is 1. The Balaban J connectivity index is 1.62. The van der Waals surface area contributed by atoms with Gasteiger partial charge in [-0.1, -0.05) is 12.2 Å². The van der Waals surface area contributed by atoms with Crippen molar-refractivity contribution in [1.29, 1.82) is 0 Å². The third-order valence-electron chi connectivity index (χ3n) is 5.10. The number of aliphatic hydroxyl groups excluding tert-OH is 1.